The van der Waals surface area contributed by atoms with Gasteiger partial charge < -0.3 is 5.32 Å². The fourth-order valence-electron chi connectivity index (χ4n) is 1.68. The van der Waals surface area contributed by atoms with Crippen molar-refractivity contribution >= 4 is 11.3 Å². The van der Waals surface area contributed by atoms with Crippen LogP contribution in [0, 0.1) is 17.1 Å². The van der Waals surface area contributed by atoms with Gasteiger partial charge in [-0.25, -0.2) is 4.39 Å². The Morgan fingerprint density at radius 2 is 2.22 bits per heavy atom. The van der Waals surface area contributed by atoms with Crippen LogP contribution in [0.5, 0.6) is 0 Å². The van der Waals surface area contributed by atoms with E-state index in [0.29, 0.717) is 11.4 Å². The molecular formula is C14H13FN2S. The van der Waals surface area contributed by atoms with E-state index in [1.165, 1.54) is 23.5 Å². The molecular weight excluding hydrogens is 247 g/mol. The molecule has 1 heterocycles. The highest BCUT2D eigenvalue weighted by Gasteiger charge is 2.06. The van der Waals surface area contributed by atoms with Gasteiger partial charge >= 0.3 is 0 Å². The second-order valence-electron chi connectivity index (χ2n) is 4.04. The Kier molecular flexibility index (Phi) is 4.08. The summed E-state index contributed by atoms with van der Waals surface area (Å²) in [6, 6.07) is 12.5. The van der Waals surface area contributed by atoms with Gasteiger partial charge in [0.15, 0.2) is 0 Å². The zero-order valence-corrected chi connectivity index (χ0v) is 10.8. The van der Waals surface area contributed by atoms with Crippen molar-refractivity contribution in [2.75, 3.05) is 0 Å². The molecule has 2 nitrogen and oxygen atoms in total. The zero-order chi connectivity index (χ0) is 13.0. The summed E-state index contributed by atoms with van der Waals surface area (Å²) in [6.45, 7) is 2.68. The maximum atomic E-state index is 13.1. The number of thiophene rings is 1. The number of benzene rings is 1. The number of nitrogens with zero attached hydrogens (tertiary/aromatic N) is 1. The van der Waals surface area contributed by atoms with Crippen molar-refractivity contribution in [2.45, 2.75) is 19.5 Å². The topological polar surface area (TPSA) is 35.8 Å². The van der Waals surface area contributed by atoms with Gasteiger partial charge in [-0.15, -0.1) is 11.3 Å². The van der Waals surface area contributed by atoms with E-state index in [1.54, 1.807) is 6.07 Å². The minimum atomic E-state index is -0.218. The summed E-state index contributed by atoms with van der Waals surface area (Å²) < 4.78 is 13.1. The number of hydrogen-bond acceptors (Lipinski definition) is 3. The molecule has 0 aliphatic rings. The Balaban J connectivity index is 1.96. The molecule has 0 aliphatic carbocycles. The fraction of sp³-hybridized carbons (Fsp3) is 0.214. The van der Waals surface area contributed by atoms with Gasteiger partial charge in [-0.2, -0.15) is 5.26 Å². The summed E-state index contributed by atoms with van der Waals surface area (Å²) in [6.07, 6.45) is 0. The Morgan fingerprint density at radius 1 is 1.39 bits per heavy atom. The molecule has 0 unspecified atom stereocenters. The maximum absolute atomic E-state index is 13.1. The first-order valence-electron chi connectivity index (χ1n) is 5.66. The molecule has 1 aromatic carbocycles. The van der Waals surface area contributed by atoms with Crippen LogP contribution in [-0.4, -0.2) is 0 Å². The van der Waals surface area contributed by atoms with Gasteiger partial charge in [0, 0.05) is 17.5 Å². The lowest BCUT2D eigenvalue weighted by Crippen LogP contribution is -2.17. The van der Waals surface area contributed by atoms with Crippen molar-refractivity contribution in [3.8, 4) is 6.07 Å². The van der Waals surface area contributed by atoms with Gasteiger partial charge in [0.05, 0.1) is 0 Å². The van der Waals surface area contributed by atoms with Crippen molar-refractivity contribution in [1.29, 1.82) is 5.26 Å². The lowest BCUT2D eigenvalue weighted by atomic mass is 10.1. The normalized spacial score (nSPS) is 12.1. The van der Waals surface area contributed by atoms with Crippen molar-refractivity contribution < 1.29 is 4.39 Å². The second-order valence-corrected chi connectivity index (χ2v) is 5.20. The smallest absolute Gasteiger partial charge is 0.123 e. The lowest BCUT2D eigenvalue weighted by Gasteiger charge is -2.13. The summed E-state index contributed by atoms with van der Waals surface area (Å²) >= 11 is 1.48. The summed E-state index contributed by atoms with van der Waals surface area (Å²) in [7, 11) is 0. The fourth-order valence-corrected chi connectivity index (χ4v) is 2.44. The minimum Gasteiger partial charge on any atom is -0.305 e. The molecule has 4 heteroatoms. The van der Waals surface area contributed by atoms with Crippen LogP contribution < -0.4 is 5.32 Å². The average molecular weight is 260 g/mol. The summed E-state index contributed by atoms with van der Waals surface area (Å²) in [5.74, 6) is -0.218. The molecule has 0 saturated heterocycles. The quantitative estimate of drug-likeness (QED) is 0.911. The molecule has 2 rings (SSSR count). The standard InChI is InChI=1S/C14H13FN2S/c1-10(11-3-2-4-12(15)7-11)17-9-14-6-5-13(8-16)18-14/h2-7,10,17H,9H2,1H3/t10-/m1/s1. The van der Waals surface area contributed by atoms with Crippen LogP contribution >= 0.6 is 11.3 Å². The lowest BCUT2D eigenvalue weighted by molar-refractivity contribution is 0.568. The van der Waals surface area contributed by atoms with E-state index < -0.39 is 0 Å². The van der Waals surface area contributed by atoms with Crippen LogP contribution in [-0.2, 0) is 6.54 Å². The van der Waals surface area contributed by atoms with Crippen molar-refractivity contribution in [3.05, 3.63) is 57.5 Å². The molecule has 0 fully saturated rings. The molecule has 0 amide bonds. The van der Waals surface area contributed by atoms with Crippen molar-refractivity contribution in [3.63, 3.8) is 0 Å². The van der Waals surface area contributed by atoms with E-state index in [4.69, 9.17) is 5.26 Å². The van der Waals surface area contributed by atoms with Crippen LogP contribution in [0.25, 0.3) is 0 Å². The van der Waals surface area contributed by atoms with Gasteiger partial charge in [0.2, 0.25) is 0 Å². The second kappa shape index (κ2) is 5.76. The highest BCUT2D eigenvalue weighted by molar-refractivity contribution is 7.12. The molecule has 0 bridgehead atoms. The third-order valence-electron chi connectivity index (χ3n) is 2.70. The van der Waals surface area contributed by atoms with Crippen LogP contribution in [0.3, 0.4) is 0 Å². The number of nitrogens with one attached hydrogen (secondary N) is 1. The van der Waals surface area contributed by atoms with Crippen LogP contribution in [0.2, 0.25) is 0 Å². The highest BCUT2D eigenvalue weighted by Crippen LogP contribution is 2.18. The SMILES string of the molecule is C[C@@H](NCc1ccc(C#N)s1)c1cccc(F)c1. The van der Waals surface area contributed by atoms with E-state index in [2.05, 4.69) is 11.4 Å². The molecule has 0 spiro atoms. The number of nitriles is 1. The summed E-state index contributed by atoms with van der Waals surface area (Å²) in [5.41, 5.74) is 0.923. The van der Waals surface area contributed by atoms with E-state index in [-0.39, 0.29) is 11.9 Å². The van der Waals surface area contributed by atoms with Crippen molar-refractivity contribution in [2.24, 2.45) is 0 Å². The van der Waals surface area contributed by atoms with Crippen LogP contribution in [0.15, 0.2) is 36.4 Å². The molecule has 0 radical (unpaired) electrons. The summed E-state index contributed by atoms with van der Waals surface area (Å²) in [5, 5.41) is 12.0. The minimum absolute atomic E-state index is 0.0772. The molecule has 0 aliphatic heterocycles. The molecule has 1 N–H and O–H groups in total. The number of halogens is 1. The van der Waals surface area contributed by atoms with E-state index in [9.17, 15) is 4.39 Å². The Bertz CT molecular complexity index is 571. The Hall–Kier alpha value is -1.70. The van der Waals surface area contributed by atoms with E-state index >= 15 is 0 Å². The Labute approximate surface area is 110 Å². The van der Waals surface area contributed by atoms with Crippen LogP contribution in [0.4, 0.5) is 4.39 Å². The first-order valence-corrected chi connectivity index (χ1v) is 6.48. The first-order chi connectivity index (χ1) is 8.69. The van der Waals surface area contributed by atoms with Crippen molar-refractivity contribution in [1.82, 2.24) is 5.32 Å². The maximum Gasteiger partial charge on any atom is 0.123 e. The molecule has 1 atom stereocenters. The highest BCUT2D eigenvalue weighted by atomic mass is 32.1. The molecule has 0 saturated carbocycles. The summed E-state index contributed by atoms with van der Waals surface area (Å²) in [4.78, 5) is 1.82. The third-order valence-corrected chi connectivity index (χ3v) is 3.69. The van der Waals surface area contributed by atoms with Crippen LogP contribution in [0.1, 0.15) is 28.3 Å². The van der Waals surface area contributed by atoms with E-state index in [1.807, 2.05) is 25.1 Å². The first kappa shape index (κ1) is 12.7. The molecule has 92 valence electrons. The third kappa shape index (κ3) is 3.16. The van der Waals surface area contributed by atoms with Gasteiger partial charge in [-0.05, 0) is 36.8 Å². The molecule has 1 aromatic heterocycles. The van der Waals surface area contributed by atoms with Gasteiger partial charge in [0.25, 0.3) is 0 Å². The van der Waals surface area contributed by atoms with Gasteiger partial charge in [-0.3, -0.25) is 0 Å². The largest absolute Gasteiger partial charge is 0.305 e. The molecule has 18 heavy (non-hydrogen) atoms. The average Bonchev–Trinajstić information content (AvgIpc) is 2.84. The molecule has 2 aromatic rings. The van der Waals surface area contributed by atoms with Gasteiger partial charge in [-0.1, -0.05) is 12.1 Å². The number of hydrogen-bond donors (Lipinski definition) is 1. The monoisotopic (exact) mass is 260 g/mol. The predicted octanol–water partition coefficient (Wildman–Crippen LogP) is 3.61. The predicted molar refractivity (Wildman–Crippen MR) is 70.7 cm³/mol. The zero-order valence-electron chi connectivity index (χ0n) is 9.98. The van der Waals surface area contributed by atoms with Gasteiger partial charge in [0.1, 0.15) is 16.8 Å². The number of rotatable bonds is 4. The Morgan fingerprint density at radius 3 is 2.89 bits per heavy atom. The van der Waals surface area contributed by atoms with E-state index in [0.717, 1.165) is 10.4 Å².